The highest BCUT2D eigenvalue weighted by Crippen LogP contribution is 2.31. The van der Waals surface area contributed by atoms with Crippen LogP contribution in [0, 0.1) is 11.7 Å². The summed E-state index contributed by atoms with van der Waals surface area (Å²) < 4.78 is 13.8. The Bertz CT molecular complexity index is 918. The number of piperidine rings is 1. The lowest BCUT2D eigenvalue weighted by Gasteiger charge is -2.32. The molecule has 6 nitrogen and oxygen atoms in total. The summed E-state index contributed by atoms with van der Waals surface area (Å²) in [6.45, 7) is 1.45. The molecule has 0 aliphatic carbocycles. The van der Waals surface area contributed by atoms with Crippen LogP contribution in [0.2, 0.25) is 0 Å². The first-order valence-electron chi connectivity index (χ1n) is 8.03. The summed E-state index contributed by atoms with van der Waals surface area (Å²) in [6.07, 6.45) is 2.97. The zero-order valence-electron chi connectivity index (χ0n) is 13.2. The number of aromatic nitrogens is 4. The first kappa shape index (κ1) is 16.1. The molecule has 1 aromatic carbocycles. The molecule has 4 rings (SSSR count). The minimum atomic E-state index is -0.329. The summed E-state index contributed by atoms with van der Waals surface area (Å²) in [5.74, 6) is 0.520. The van der Waals surface area contributed by atoms with Crippen molar-refractivity contribution in [1.82, 2.24) is 20.2 Å². The third-order valence-electron chi connectivity index (χ3n) is 4.58. The Labute approximate surface area is 151 Å². The lowest BCUT2D eigenvalue weighted by molar-refractivity contribution is 0.0900. The second-order valence-electron chi connectivity index (χ2n) is 6.07. The molecule has 1 saturated heterocycles. The van der Waals surface area contributed by atoms with Gasteiger partial charge < -0.3 is 4.90 Å². The Morgan fingerprint density at radius 2 is 1.92 bits per heavy atom. The van der Waals surface area contributed by atoms with Gasteiger partial charge in [-0.1, -0.05) is 0 Å². The fraction of sp³-hybridized carbons (Fsp3) is 0.294. The third-order valence-corrected chi connectivity index (χ3v) is 5.15. The molecule has 25 heavy (non-hydrogen) atoms. The van der Waals surface area contributed by atoms with Crippen molar-refractivity contribution in [3.05, 3.63) is 46.6 Å². The molecular formula is C17H15BrFN5O. The second kappa shape index (κ2) is 6.51. The normalized spacial score (nSPS) is 15.7. The van der Waals surface area contributed by atoms with E-state index in [9.17, 15) is 9.18 Å². The summed E-state index contributed by atoms with van der Waals surface area (Å²) in [5.41, 5.74) is 1.18. The van der Waals surface area contributed by atoms with Crippen LogP contribution >= 0.6 is 15.9 Å². The van der Waals surface area contributed by atoms with Gasteiger partial charge in [0.25, 0.3) is 0 Å². The molecule has 1 aliphatic heterocycles. The van der Waals surface area contributed by atoms with E-state index >= 15 is 0 Å². The number of halogens is 2. The minimum Gasteiger partial charge on any atom is -0.356 e. The van der Waals surface area contributed by atoms with Crippen LogP contribution in [0.5, 0.6) is 0 Å². The maximum absolute atomic E-state index is 13.0. The molecule has 0 amide bonds. The van der Waals surface area contributed by atoms with E-state index in [1.807, 2.05) is 0 Å². The van der Waals surface area contributed by atoms with Gasteiger partial charge in [0.15, 0.2) is 11.4 Å². The summed E-state index contributed by atoms with van der Waals surface area (Å²) >= 11 is 3.45. The van der Waals surface area contributed by atoms with Gasteiger partial charge >= 0.3 is 0 Å². The number of nitrogens with one attached hydrogen (secondary N) is 1. The van der Waals surface area contributed by atoms with Gasteiger partial charge in [0.2, 0.25) is 0 Å². The van der Waals surface area contributed by atoms with Gasteiger partial charge in [0.1, 0.15) is 22.6 Å². The van der Waals surface area contributed by atoms with Crippen LogP contribution in [0.4, 0.5) is 10.2 Å². The molecule has 0 atom stereocenters. The fourth-order valence-electron chi connectivity index (χ4n) is 3.25. The lowest BCUT2D eigenvalue weighted by atomic mass is 9.89. The van der Waals surface area contributed by atoms with Crippen molar-refractivity contribution in [1.29, 1.82) is 0 Å². The van der Waals surface area contributed by atoms with Crippen LogP contribution in [0.3, 0.4) is 0 Å². The Hall–Kier alpha value is -2.35. The van der Waals surface area contributed by atoms with E-state index in [1.54, 1.807) is 12.1 Å². The van der Waals surface area contributed by atoms with E-state index < -0.39 is 0 Å². The van der Waals surface area contributed by atoms with Gasteiger partial charge in [0, 0.05) is 24.6 Å². The molecule has 0 bridgehead atoms. The topological polar surface area (TPSA) is 74.8 Å². The van der Waals surface area contributed by atoms with E-state index in [2.05, 4.69) is 41.0 Å². The Morgan fingerprint density at radius 3 is 2.64 bits per heavy atom. The molecule has 8 heteroatoms. The molecule has 1 fully saturated rings. The molecule has 0 unspecified atom stereocenters. The predicted molar refractivity (Wildman–Crippen MR) is 95.1 cm³/mol. The van der Waals surface area contributed by atoms with E-state index in [-0.39, 0.29) is 17.5 Å². The molecule has 3 aromatic rings. The van der Waals surface area contributed by atoms with Gasteiger partial charge in [-0.2, -0.15) is 5.10 Å². The van der Waals surface area contributed by atoms with E-state index in [1.165, 1.54) is 18.5 Å². The number of ketones is 1. The fourth-order valence-corrected chi connectivity index (χ4v) is 3.69. The van der Waals surface area contributed by atoms with Crippen molar-refractivity contribution < 1.29 is 9.18 Å². The number of benzene rings is 1. The molecule has 128 valence electrons. The van der Waals surface area contributed by atoms with Crippen molar-refractivity contribution in [2.75, 3.05) is 18.0 Å². The number of carbonyl (C=O) groups is 1. The Balaban J connectivity index is 1.50. The predicted octanol–water partition coefficient (Wildman–Crippen LogP) is 3.35. The molecule has 1 aliphatic rings. The molecule has 3 heterocycles. The van der Waals surface area contributed by atoms with Crippen molar-refractivity contribution >= 4 is 38.6 Å². The number of fused-ring (bicyclic) bond motifs is 1. The Kier molecular flexibility index (Phi) is 4.20. The second-order valence-corrected chi connectivity index (χ2v) is 6.86. The number of anilines is 1. The number of rotatable bonds is 3. The monoisotopic (exact) mass is 403 g/mol. The maximum Gasteiger partial charge on any atom is 0.187 e. The van der Waals surface area contributed by atoms with Crippen LogP contribution < -0.4 is 4.90 Å². The number of carbonyl (C=O) groups excluding carboxylic acids is 1. The number of Topliss-reactive ketones (excluding diaryl/α,β-unsaturated/α-hetero) is 1. The number of nitrogens with zero attached hydrogens (tertiary/aromatic N) is 4. The average Bonchev–Trinajstić information content (AvgIpc) is 3.03. The summed E-state index contributed by atoms with van der Waals surface area (Å²) in [4.78, 5) is 23.3. The van der Waals surface area contributed by atoms with Crippen LogP contribution in [0.25, 0.3) is 11.0 Å². The number of hydrogen-bond donors (Lipinski definition) is 1. The summed E-state index contributed by atoms with van der Waals surface area (Å²) in [5, 5.41) is 7.84. The first-order chi connectivity index (χ1) is 12.1. The van der Waals surface area contributed by atoms with Gasteiger partial charge in [0.05, 0.1) is 5.39 Å². The summed E-state index contributed by atoms with van der Waals surface area (Å²) in [6, 6.07) is 5.77. The molecular weight excluding hydrogens is 389 g/mol. The minimum absolute atomic E-state index is 0.0492. The quantitative estimate of drug-likeness (QED) is 0.678. The zero-order valence-corrected chi connectivity index (χ0v) is 14.8. The van der Waals surface area contributed by atoms with Gasteiger partial charge in [-0.15, -0.1) is 0 Å². The number of hydrogen-bond acceptors (Lipinski definition) is 5. The van der Waals surface area contributed by atoms with E-state index in [0.717, 1.165) is 41.7 Å². The molecule has 0 spiro atoms. The first-order valence-corrected chi connectivity index (χ1v) is 8.82. The Morgan fingerprint density at radius 1 is 1.20 bits per heavy atom. The highest BCUT2D eigenvalue weighted by molar-refractivity contribution is 9.10. The summed E-state index contributed by atoms with van der Waals surface area (Å²) in [7, 11) is 0. The molecule has 1 N–H and O–H groups in total. The smallest absolute Gasteiger partial charge is 0.187 e. The van der Waals surface area contributed by atoms with E-state index in [4.69, 9.17) is 0 Å². The van der Waals surface area contributed by atoms with Crippen molar-refractivity contribution in [3.8, 4) is 0 Å². The highest BCUT2D eigenvalue weighted by atomic mass is 79.9. The number of H-pyrrole nitrogens is 1. The maximum atomic E-state index is 13.0. The van der Waals surface area contributed by atoms with Crippen LogP contribution in [-0.4, -0.2) is 39.0 Å². The van der Waals surface area contributed by atoms with Gasteiger partial charge in [-0.3, -0.25) is 9.89 Å². The largest absolute Gasteiger partial charge is 0.356 e. The standard InChI is InChI=1S/C17H15BrFN5O/c18-15-13-16(23-22-15)20-9-21-17(13)24-7-5-11(6-8-24)14(25)10-1-3-12(19)4-2-10/h1-4,9,11H,5-8H2,(H,20,21,22,23). The lowest BCUT2D eigenvalue weighted by Crippen LogP contribution is -2.37. The van der Waals surface area contributed by atoms with Crippen LogP contribution in [0.1, 0.15) is 23.2 Å². The van der Waals surface area contributed by atoms with Crippen LogP contribution in [-0.2, 0) is 0 Å². The number of aromatic amines is 1. The van der Waals surface area contributed by atoms with Crippen molar-refractivity contribution in [2.24, 2.45) is 5.92 Å². The van der Waals surface area contributed by atoms with Crippen LogP contribution in [0.15, 0.2) is 35.2 Å². The highest BCUT2D eigenvalue weighted by Gasteiger charge is 2.28. The van der Waals surface area contributed by atoms with Gasteiger partial charge in [-0.25, -0.2) is 14.4 Å². The zero-order chi connectivity index (χ0) is 17.4. The molecule has 0 saturated carbocycles. The molecule has 0 radical (unpaired) electrons. The third kappa shape index (κ3) is 3.02. The average molecular weight is 404 g/mol. The van der Waals surface area contributed by atoms with E-state index in [0.29, 0.717) is 11.2 Å². The SMILES string of the molecule is O=C(c1ccc(F)cc1)C1CCN(c2ncnc3n[nH]c(Br)c23)CC1. The van der Waals surface area contributed by atoms with Crippen molar-refractivity contribution in [3.63, 3.8) is 0 Å². The van der Waals surface area contributed by atoms with Gasteiger partial charge in [-0.05, 0) is 53.0 Å². The van der Waals surface area contributed by atoms with Crippen molar-refractivity contribution in [2.45, 2.75) is 12.8 Å². The molecule has 2 aromatic heterocycles.